The number of hydrogen-bond donors (Lipinski definition) is 0. The van der Waals surface area contributed by atoms with Gasteiger partial charge in [-0.3, -0.25) is 0 Å². The number of esters is 2. The van der Waals surface area contributed by atoms with Crippen LogP contribution in [0, 0.1) is 0 Å². The lowest BCUT2D eigenvalue weighted by atomic mass is 10.1. The smallest absolute Gasteiger partial charge is 0.355 e. The van der Waals surface area contributed by atoms with Crippen LogP contribution in [0.3, 0.4) is 0 Å². The number of ether oxygens (including phenoxy) is 2. The second-order valence-electron chi connectivity index (χ2n) is 9.50. The molecular weight excluding hydrogens is 468 g/mol. The third-order valence-electron chi connectivity index (χ3n) is 7.22. The van der Waals surface area contributed by atoms with Crippen molar-refractivity contribution in [2.45, 2.75) is 26.3 Å². The van der Waals surface area contributed by atoms with Crippen LogP contribution < -0.4 is 9.80 Å². The molecule has 0 fully saturated rings. The molecule has 8 nitrogen and oxygen atoms in total. The van der Waals surface area contributed by atoms with Crippen LogP contribution in [0.15, 0.2) is 72.8 Å². The Morgan fingerprint density at radius 3 is 1.49 bits per heavy atom. The molecule has 4 aromatic rings. The maximum atomic E-state index is 12.9. The van der Waals surface area contributed by atoms with Gasteiger partial charge in [0.2, 0.25) is 0 Å². The lowest BCUT2D eigenvalue weighted by Crippen LogP contribution is -2.46. The van der Waals surface area contributed by atoms with Crippen LogP contribution in [0.1, 0.15) is 43.5 Å². The number of rotatable bonds is 6. The van der Waals surface area contributed by atoms with Gasteiger partial charge in [-0.05, 0) is 23.3 Å². The average Bonchev–Trinajstić information content (AvgIpc) is 3.44. The second kappa shape index (κ2) is 9.20. The number of fused-ring (bicyclic) bond motifs is 6. The molecule has 37 heavy (non-hydrogen) atoms. The number of anilines is 2. The predicted octanol–water partition coefficient (Wildman–Crippen LogP) is 4.38. The quantitative estimate of drug-likeness (QED) is 0.369. The molecule has 188 valence electrons. The van der Waals surface area contributed by atoms with Crippen molar-refractivity contribution in [3.63, 3.8) is 0 Å². The first-order chi connectivity index (χ1) is 18.0. The summed E-state index contributed by atoms with van der Waals surface area (Å²) in [5.74, 6) is -0.681. The van der Waals surface area contributed by atoms with Gasteiger partial charge >= 0.3 is 11.9 Å². The summed E-state index contributed by atoms with van der Waals surface area (Å²) in [7, 11) is 3.80. The Bertz CT molecular complexity index is 1360. The molecule has 0 saturated carbocycles. The maximum Gasteiger partial charge on any atom is 0.355 e. The number of nitrogens with zero attached hydrogens (tertiary/aromatic N) is 4. The highest BCUT2D eigenvalue weighted by Crippen LogP contribution is 2.40. The third kappa shape index (κ3) is 4.14. The number of hydrogen-bond acceptors (Lipinski definition) is 6. The standard InChI is InChI=1S/C29H28N4O4/c1-30-24(28(34)36-17-20-9-5-3-6-10-20)13-22-26(30)15-32-19-33(22)16-27-23(32)14-25(31(27)2)29(35)37-18-21-11-7-4-8-12-21/h3-14H,15-19H2,1-2H3. The fourth-order valence-corrected chi connectivity index (χ4v) is 5.15. The summed E-state index contributed by atoms with van der Waals surface area (Å²) >= 11 is 0. The minimum Gasteiger partial charge on any atom is -0.456 e. The van der Waals surface area contributed by atoms with Gasteiger partial charge in [-0.25, -0.2) is 9.59 Å². The van der Waals surface area contributed by atoms with Gasteiger partial charge in [0, 0.05) is 14.1 Å². The van der Waals surface area contributed by atoms with E-state index in [2.05, 4.69) is 9.80 Å². The first-order valence-electron chi connectivity index (χ1n) is 12.3. The molecule has 2 aromatic heterocycles. The lowest BCUT2D eigenvalue weighted by Gasteiger charge is -2.42. The summed E-state index contributed by atoms with van der Waals surface area (Å²) in [4.78, 5) is 30.3. The van der Waals surface area contributed by atoms with Gasteiger partial charge < -0.3 is 28.4 Å². The van der Waals surface area contributed by atoms with E-state index in [-0.39, 0.29) is 25.2 Å². The van der Waals surface area contributed by atoms with E-state index in [0.29, 0.717) is 31.1 Å². The van der Waals surface area contributed by atoms with Crippen molar-refractivity contribution in [1.29, 1.82) is 0 Å². The van der Waals surface area contributed by atoms with Gasteiger partial charge in [0.1, 0.15) is 24.6 Å². The van der Waals surface area contributed by atoms with Crippen LogP contribution in [-0.4, -0.2) is 27.7 Å². The molecule has 0 amide bonds. The van der Waals surface area contributed by atoms with E-state index >= 15 is 0 Å². The van der Waals surface area contributed by atoms with Crippen molar-refractivity contribution in [2.24, 2.45) is 14.1 Å². The van der Waals surface area contributed by atoms with E-state index in [1.807, 2.05) is 96.0 Å². The van der Waals surface area contributed by atoms with Crippen molar-refractivity contribution < 1.29 is 19.1 Å². The molecule has 0 atom stereocenters. The topological polar surface area (TPSA) is 68.9 Å². The highest BCUT2D eigenvalue weighted by Gasteiger charge is 2.36. The molecule has 2 bridgehead atoms. The monoisotopic (exact) mass is 496 g/mol. The van der Waals surface area contributed by atoms with Crippen molar-refractivity contribution in [1.82, 2.24) is 9.13 Å². The highest BCUT2D eigenvalue weighted by atomic mass is 16.5. The third-order valence-corrected chi connectivity index (χ3v) is 7.22. The van der Waals surface area contributed by atoms with Crippen LogP contribution >= 0.6 is 0 Å². The molecule has 2 aliphatic heterocycles. The van der Waals surface area contributed by atoms with Crippen LogP contribution in [-0.2, 0) is 49.9 Å². The van der Waals surface area contributed by atoms with E-state index in [1.165, 1.54) is 0 Å². The zero-order valence-corrected chi connectivity index (χ0v) is 20.9. The molecule has 2 aliphatic rings. The molecule has 0 radical (unpaired) electrons. The fourth-order valence-electron chi connectivity index (χ4n) is 5.15. The van der Waals surface area contributed by atoms with Crippen molar-refractivity contribution in [3.8, 4) is 0 Å². The minimum absolute atomic E-state index is 0.236. The lowest BCUT2D eigenvalue weighted by molar-refractivity contribution is 0.0452. The van der Waals surface area contributed by atoms with E-state index < -0.39 is 0 Å². The Balaban J connectivity index is 1.20. The van der Waals surface area contributed by atoms with Gasteiger partial charge in [-0.15, -0.1) is 0 Å². The average molecular weight is 497 g/mol. The Hall–Kier alpha value is -4.46. The summed E-state index contributed by atoms with van der Waals surface area (Å²) in [6.07, 6.45) is 0. The Morgan fingerprint density at radius 1 is 0.676 bits per heavy atom. The zero-order valence-electron chi connectivity index (χ0n) is 20.9. The predicted molar refractivity (Wildman–Crippen MR) is 139 cm³/mol. The molecule has 0 unspecified atom stereocenters. The molecule has 0 spiro atoms. The Morgan fingerprint density at radius 2 is 1.08 bits per heavy atom. The summed E-state index contributed by atoms with van der Waals surface area (Å²) in [6, 6.07) is 23.2. The van der Waals surface area contributed by atoms with Crippen LogP contribution in [0.25, 0.3) is 0 Å². The van der Waals surface area contributed by atoms with E-state index in [9.17, 15) is 9.59 Å². The van der Waals surface area contributed by atoms with E-state index in [1.54, 1.807) is 0 Å². The largest absolute Gasteiger partial charge is 0.456 e. The van der Waals surface area contributed by atoms with E-state index in [4.69, 9.17) is 9.47 Å². The maximum absolute atomic E-state index is 12.9. The van der Waals surface area contributed by atoms with Gasteiger partial charge in [0.05, 0.1) is 42.5 Å². The zero-order chi connectivity index (χ0) is 25.5. The van der Waals surface area contributed by atoms with Crippen LogP contribution in [0.2, 0.25) is 0 Å². The molecular formula is C29H28N4O4. The van der Waals surface area contributed by atoms with Gasteiger partial charge in [0.15, 0.2) is 0 Å². The number of carbonyl (C=O) groups is 2. The summed E-state index contributed by atoms with van der Waals surface area (Å²) in [6.45, 7) is 2.42. The number of aromatic nitrogens is 2. The van der Waals surface area contributed by atoms with Crippen LogP contribution in [0.4, 0.5) is 11.4 Å². The van der Waals surface area contributed by atoms with Crippen molar-refractivity contribution in [3.05, 3.63) is 107 Å². The Labute approximate surface area is 215 Å². The minimum atomic E-state index is -0.340. The molecule has 6 rings (SSSR count). The summed E-state index contributed by atoms with van der Waals surface area (Å²) in [5.41, 5.74) is 7.09. The first kappa shape index (κ1) is 23.0. The van der Waals surface area contributed by atoms with Gasteiger partial charge in [0.25, 0.3) is 0 Å². The van der Waals surface area contributed by atoms with Gasteiger partial charge in [-0.1, -0.05) is 60.7 Å². The molecule has 0 aliphatic carbocycles. The van der Waals surface area contributed by atoms with E-state index in [0.717, 1.165) is 33.9 Å². The van der Waals surface area contributed by atoms with Crippen molar-refractivity contribution >= 4 is 23.3 Å². The Kier molecular flexibility index (Phi) is 5.71. The molecule has 0 N–H and O–H groups in total. The first-order valence-corrected chi connectivity index (χ1v) is 12.3. The van der Waals surface area contributed by atoms with Gasteiger partial charge in [-0.2, -0.15) is 0 Å². The van der Waals surface area contributed by atoms with Crippen LogP contribution in [0.5, 0.6) is 0 Å². The molecule has 4 heterocycles. The highest BCUT2D eigenvalue weighted by molar-refractivity contribution is 5.92. The fraction of sp³-hybridized carbons (Fsp3) is 0.241. The summed E-state index contributed by atoms with van der Waals surface area (Å²) in [5, 5.41) is 0. The second-order valence-corrected chi connectivity index (χ2v) is 9.50. The number of benzene rings is 2. The SMILES string of the molecule is Cn1c(C(=O)OCc2ccccc2)cc2c1CN1CN2Cc2c1cc(C(=O)OCc1ccccc1)n2C. The molecule has 8 heteroatoms. The number of carbonyl (C=O) groups excluding carboxylic acids is 2. The normalized spacial score (nSPS) is 13.7. The molecule has 0 saturated heterocycles. The van der Waals surface area contributed by atoms with Crippen molar-refractivity contribution in [2.75, 3.05) is 16.5 Å². The summed E-state index contributed by atoms with van der Waals surface area (Å²) < 4.78 is 15.0. The molecule has 2 aromatic carbocycles.